The molecule has 92 valence electrons. The third-order valence-corrected chi connectivity index (χ3v) is 2.91. The number of imidazole rings is 1. The molecule has 1 aromatic heterocycles. The molecule has 0 saturated heterocycles. The predicted octanol–water partition coefficient (Wildman–Crippen LogP) is 2.13. The molecule has 0 amide bonds. The molecule has 3 N–H and O–H groups in total. The van der Waals surface area contributed by atoms with Crippen LogP contribution >= 0.6 is 0 Å². The fraction of sp³-hybridized carbons (Fsp3) is 0.462. The molecule has 0 fully saturated rings. The van der Waals surface area contributed by atoms with Crippen molar-refractivity contribution in [3.8, 4) is 0 Å². The van der Waals surface area contributed by atoms with Crippen LogP contribution < -0.4 is 5.73 Å². The number of rotatable bonds is 3. The minimum atomic E-state index is -0.564. The van der Waals surface area contributed by atoms with Gasteiger partial charge in [-0.3, -0.25) is 0 Å². The quantitative estimate of drug-likeness (QED) is 0.853. The molecule has 4 nitrogen and oxygen atoms in total. The van der Waals surface area contributed by atoms with Gasteiger partial charge in [-0.25, -0.2) is 4.98 Å². The first kappa shape index (κ1) is 12.1. The van der Waals surface area contributed by atoms with Gasteiger partial charge in [-0.05, 0) is 38.5 Å². The van der Waals surface area contributed by atoms with Gasteiger partial charge in [-0.15, -0.1) is 0 Å². The number of hydrogen-bond donors (Lipinski definition) is 2. The highest BCUT2D eigenvalue weighted by Crippen LogP contribution is 2.25. The zero-order valence-electron chi connectivity index (χ0n) is 10.5. The van der Waals surface area contributed by atoms with Crippen LogP contribution in [0.5, 0.6) is 0 Å². The van der Waals surface area contributed by atoms with Crippen molar-refractivity contribution in [1.82, 2.24) is 9.55 Å². The molecular formula is C13H19N3O. The van der Waals surface area contributed by atoms with Crippen LogP contribution in [0.25, 0.3) is 11.0 Å². The van der Waals surface area contributed by atoms with E-state index < -0.39 is 6.10 Å². The van der Waals surface area contributed by atoms with Gasteiger partial charge < -0.3 is 15.4 Å². The molecular weight excluding hydrogens is 214 g/mol. The molecule has 0 bridgehead atoms. The minimum Gasteiger partial charge on any atom is -0.385 e. The lowest BCUT2D eigenvalue weighted by molar-refractivity contribution is 0.182. The standard InChI is InChI=1S/C13H19N3O/c1-8(2)16-12-5-4-10(7-14)6-11(12)15-13(16)9(3)17/h4-6,8-9,17H,7,14H2,1-3H3/t9-/m0/s1. The van der Waals surface area contributed by atoms with Crippen molar-refractivity contribution in [2.75, 3.05) is 0 Å². The topological polar surface area (TPSA) is 64.1 Å². The van der Waals surface area contributed by atoms with E-state index in [1.54, 1.807) is 6.92 Å². The Morgan fingerprint density at radius 3 is 2.59 bits per heavy atom. The van der Waals surface area contributed by atoms with Gasteiger partial charge in [0.25, 0.3) is 0 Å². The van der Waals surface area contributed by atoms with Crippen LogP contribution in [0.15, 0.2) is 18.2 Å². The van der Waals surface area contributed by atoms with E-state index in [-0.39, 0.29) is 6.04 Å². The van der Waals surface area contributed by atoms with E-state index >= 15 is 0 Å². The molecule has 0 unspecified atom stereocenters. The predicted molar refractivity (Wildman–Crippen MR) is 68.6 cm³/mol. The van der Waals surface area contributed by atoms with Gasteiger partial charge in [0, 0.05) is 12.6 Å². The third kappa shape index (κ3) is 2.06. The summed E-state index contributed by atoms with van der Waals surface area (Å²) in [6.45, 7) is 6.42. The Hall–Kier alpha value is -1.39. The van der Waals surface area contributed by atoms with E-state index in [1.165, 1.54) is 0 Å². The first-order valence-corrected chi connectivity index (χ1v) is 5.93. The van der Waals surface area contributed by atoms with Crippen molar-refractivity contribution in [1.29, 1.82) is 0 Å². The fourth-order valence-corrected chi connectivity index (χ4v) is 2.13. The van der Waals surface area contributed by atoms with Gasteiger partial charge in [0.2, 0.25) is 0 Å². The van der Waals surface area contributed by atoms with Crippen molar-refractivity contribution >= 4 is 11.0 Å². The van der Waals surface area contributed by atoms with Crippen LogP contribution in [0.3, 0.4) is 0 Å². The van der Waals surface area contributed by atoms with E-state index in [0.717, 1.165) is 16.6 Å². The Morgan fingerprint density at radius 1 is 1.35 bits per heavy atom. The highest BCUT2D eigenvalue weighted by molar-refractivity contribution is 5.77. The molecule has 17 heavy (non-hydrogen) atoms. The maximum absolute atomic E-state index is 9.77. The first-order valence-electron chi connectivity index (χ1n) is 5.93. The number of benzene rings is 1. The zero-order chi connectivity index (χ0) is 12.6. The maximum Gasteiger partial charge on any atom is 0.138 e. The monoisotopic (exact) mass is 233 g/mol. The Bertz CT molecular complexity index is 529. The number of aromatic nitrogens is 2. The Morgan fingerprint density at radius 2 is 2.06 bits per heavy atom. The number of aliphatic hydroxyl groups excluding tert-OH is 1. The third-order valence-electron chi connectivity index (χ3n) is 2.91. The van der Waals surface area contributed by atoms with Gasteiger partial charge in [0.1, 0.15) is 11.9 Å². The Labute approximate surface area is 101 Å². The minimum absolute atomic E-state index is 0.272. The summed E-state index contributed by atoms with van der Waals surface area (Å²) < 4.78 is 2.07. The second kappa shape index (κ2) is 4.47. The van der Waals surface area contributed by atoms with Crippen molar-refractivity contribution in [2.45, 2.75) is 39.5 Å². The lowest BCUT2D eigenvalue weighted by Crippen LogP contribution is -2.08. The lowest BCUT2D eigenvalue weighted by atomic mass is 10.2. The molecule has 2 aromatic rings. The van der Waals surface area contributed by atoms with Gasteiger partial charge >= 0.3 is 0 Å². The summed E-state index contributed by atoms with van der Waals surface area (Å²) in [6.07, 6.45) is -0.564. The number of nitrogens with zero attached hydrogens (tertiary/aromatic N) is 2. The van der Waals surface area contributed by atoms with Crippen LogP contribution in [-0.2, 0) is 6.54 Å². The Kier molecular flexibility index (Phi) is 3.17. The second-order valence-corrected chi connectivity index (χ2v) is 4.64. The SMILES string of the molecule is CC(C)n1c([C@H](C)O)nc2cc(CN)ccc21. The number of nitrogens with two attached hydrogens (primary N) is 1. The molecule has 0 aliphatic carbocycles. The molecule has 2 rings (SSSR count). The molecule has 0 radical (unpaired) electrons. The summed E-state index contributed by atoms with van der Waals surface area (Å²) >= 11 is 0. The van der Waals surface area contributed by atoms with Crippen LogP contribution in [0.4, 0.5) is 0 Å². The van der Waals surface area contributed by atoms with Crippen molar-refractivity contribution in [3.05, 3.63) is 29.6 Å². The van der Waals surface area contributed by atoms with Gasteiger partial charge in [-0.2, -0.15) is 0 Å². The van der Waals surface area contributed by atoms with Crippen molar-refractivity contribution in [3.63, 3.8) is 0 Å². The molecule has 4 heteroatoms. The second-order valence-electron chi connectivity index (χ2n) is 4.64. The van der Waals surface area contributed by atoms with Crippen LogP contribution in [0, 0.1) is 0 Å². The van der Waals surface area contributed by atoms with Gasteiger partial charge in [0.15, 0.2) is 0 Å². The average Bonchev–Trinajstić information content (AvgIpc) is 2.66. The van der Waals surface area contributed by atoms with Crippen LogP contribution in [0.1, 0.15) is 44.3 Å². The average molecular weight is 233 g/mol. The van der Waals surface area contributed by atoms with Gasteiger partial charge in [0.05, 0.1) is 11.0 Å². The fourth-order valence-electron chi connectivity index (χ4n) is 2.13. The zero-order valence-corrected chi connectivity index (χ0v) is 10.5. The van der Waals surface area contributed by atoms with E-state index in [1.807, 2.05) is 18.2 Å². The van der Waals surface area contributed by atoms with E-state index in [4.69, 9.17) is 5.73 Å². The van der Waals surface area contributed by atoms with Gasteiger partial charge in [-0.1, -0.05) is 6.07 Å². The summed E-state index contributed by atoms with van der Waals surface area (Å²) in [7, 11) is 0. The van der Waals surface area contributed by atoms with Crippen LogP contribution in [-0.4, -0.2) is 14.7 Å². The summed E-state index contributed by atoms with van der Waals surface area (Å²) in [5.41, 5.74) is 8.63. The maximum atomic E-state index is 9.77. The molecule has 0 saturated carbocycles. The number of hydrogen-bond acceptors (Lipinski definition) is 3. The number of aliphatic hydroxyl groups is 1. The van der Waals surface area contributed by atoms with E-state index in [2.05, 4.69) is 23.4 Å². The largest absolute Gasteiger partial charge is 0.385 e. The highest BCUT2D eigenvalue weighted by atomic mass is 16.3. The van der Waals surface area contributed by atoms with Crippen molar-refractivity contribution in [2.24, 2.45) is 5.73 Å². The highest BCUT2D eigenvalue weighted by Gasteiger charge is 2.16. The normalized spacial score (nSPS) is 13.5. The van der Waals surface area contributed by atoms with Crippen molar-refractivity contribution < 1.29 is 5.11 Å². The summed E-state index contributed by atoms with van der Waals surface area (Å²) in [5, 5.41) is 9.77. The molecule has 1 atom stereocenters. The molecule has 1 heterocycles. The van der Waals surface area contributed by atoms with E-state index in [9.17, 15) is 5.11 Å². The lowest BCUT2D eigenvalue weighted by Gasteiger charge is -2.14. The molecule has 0 aliphatic rings. The summed E-state index contributed by atoms with van der Waals surface area (Å²) in [6, 6.07) is 6.29. The molecule has 1 aromatic carbocycles. The summed E-state index contributed by atoms with van der Waals surface area (Å²) in [4.78, 5) is 4.50. The van der Waals surface area contributed by atoms with Crippen LogP contribution in [0.2, 0.25) is 0 Å². The smallest absolute Gasteiger partial charge is 0.138 e. The molecule has 0 spiro atoms. The summed E-state index contributed by atoms with van der Waals surface area (Å²) in [5.74, 6) is 0.712. The first-order chi connectivity index (χ1) is 8.04. The van der Waals surface area contributed by atoms with E-state index in [0.29, 0.717) is 12.4 Å². The number of fused-ring (bicyclic) bond motifs is 1. The molecule has 0 aliphatic heterocycles. The Balaban J connectivity index is 2.70.